The summed E-state index contributed by atoms with van der Waals surface area (Å²) in [4.78, 5) is 23.9. The second-order valence-corrected chi connectivity index (χ2v) is 6.30. The van der Waals surface area contributed by atoms with Crippen molar-refractivity contribution in [1.82, 2.24) is 5.43 Å². The van der Waals surface area contributed by atoms with Crippen LogP contribution in [0.3, 0.4) is 0 Å². The Morgan fingerprint density at radius 2 is 1.55 bits per heavy atom. The fourth-order valence-electron chi connectivity index (χ4n) is 2.44. The molecule has 0 fully saturated rings. The molecule has 29 heavy (non-hydrogen) atoms. The third-order valence-electron chi connectivity index (χ3n) is 4.00. The normalized spacial score (nSPS) is 10.9. The van der Waals surface area contributed by atoms with Crippen molar-refractivity contribution >= 4 is 24.2 Å². The fourth-order valence-corrected chi connectivity index (χ4v) is 2.44. The van der Waals surface area contributed by atoms with Gasteiger partial charge in [-0.2, -0.15) is 5.10 Å². The topological polar surface area (TPSA) is 67.8 Å². The summed E-state index contributed by atoms with van der Waals surface area (Å²) >= 11 is 0. The zero-order valence-electron chi connectivity index (χ0n) is 15.9. The zero-order valence-corrected chi connectivity index (χ0v) is 15.9. The molecule has 5 heteroatoms. The van der Waals surface area contributed by atoms with Crippen LogP contribution in [0.15, 0.2) is 90.0 Å². The van der Waals surface area contributed by atoms with Crippen molar-refractivity contribution in [3.63, 3.8) is 0 Å². The van der Waals surface area contributed by atoms with Crippen molar-refractivity contribution < 1.29 is 14.3 Å². The smallest absolute Gasteiger partial charge is 0.336 e. The number of rotatable bonds is 6. The molecule has 144 valence electrons. The van der Waals surface area contributed by atoms with Crippen molar-refractivity contribution in [3.05, 3.63) is 107 Å². The molecule has 3 rings (SSSR count). The van der Waals surface area contributed by atoms with Gasteiger partial charge in [-0.05, 0) is 60.5 Å². The highest BCUT2D eigenvalue weighted by Crippen LogP contribution is 2.12. The van der Waals surface area contributed by atoms with Crippen molar-refractivity contribution in [2.24, 2.45) is 5.10 Å². The number of carbonyl (C=O) groups is 2. The first kappa shape index (κ1) is 19.8. The molecule has 0 bridgehead atoms. The molecule has 3 aromatic carbocycles. The number of hydrazone groups is 1. The molecular weight excluding hydrogens is 364 g/mol. The third-order valence-corrected chi connectivity index (χ3v) is 4.00. The van der Waals surface area contributed by atoms with E-state index in [-0.39, 0.29) is 5.91 Å². The van der Waals surface area contributed by atoms with Crippen LogP contribution in [0.1, 0.15) is 27.0 Å². The van der Waals surface area contributed by atoms with E-state index in [4.69, 9.17) is 4.74 Å². The summed E-state index contributed by atoms with van der Waals surface area (Å²) < 4.78 is 5.26. The summed E-state index contributed by atoms with van der Waals surface area (Å²) in [5.41, 5.74) is 5.79. The van der Waals surface area contributed by atoms with E-state index >= 15 is 0 Å². The van der Waals surface area contributed by atoms with E-state index in [2.05, 4.69) is 10.5 Å². The van der Waals surface area contributed by atoms with E-state index < -0.39 is 5.97 Å². The number of nitrogens with one attached hydrogen (secondary N) is 1. The Balaban J connectivity index is 1.51. The van der Waals surface area contributed by atoms with Crippen LogP contribution in [0.2, 0.25) is 0 Å². The Labute approximate surface area is 169 Å². The maximum absolute atomic E-state index is 12.0. The van der Waals surface area contributed by atoms with Crippen LogP contribution < -0.4 is 10.2 Å². The Morgan fingerprint density at radius 1 is 0.862 bits per heavy atom. The number of hydrogen-bond donors (Lipinski definition) is 1. The van der Waals surface area contributed by atoms with Gasteiger partial charge in [0.25, 0.3) is 5.91 Å². The van der Waals surface area contributed by atoms with Gasteiger partial charge in [-0.1, -0.05) is 48.0 Å². The van der Waals surface area contributed by atoms with Crippen molar-refractivity contribution in [1.29, 1.82) is 0 Å². The lowest BCUT2D eigenvalue weighted by Crippen LogP contribution is -2.17. The first-order valence-electron chi connectivity index (χ1n) is 9.05. The lowest BCUT2D eigenvalue weighted by atomic mass is 10.1. The molecule has 0 saturated heterocycles. The standard InChI is InChI=1S/C24H20N2O3/c1-18-7-12-21(13-8-18)24(28)26-25-17-20-9-14-22(15-10-20)29-23(27)16-11-19-5-3-2-4-6-19/h2-17H,1H3,(H,26,28)/b16-11+,25-17-. The van der Waals surface area contributed by atoms with Crippen LogP contribution in [0.4, 0.5) is 0 Å². The average Bonchev–Trinajstić information content (AvgIpc) is 2.75. The first-order chi connectivity index (χ1) is 14.1. The number of aryl methyl sites for hydroxylation is 1. The summed E-state index contributed by atoms with van der Waals surface area (Å²) in [6.07, 6.45) is 4.60. The highest BCUT2D eigenvalue weighted by Gasteiger charge is 2.03. The molecule has 0 unspecified atom stereocenters. The van der Waals surface area contributed by atoms with Crippen LogP contribution in [-0.4, -0.2) is 18.1 Å². The first-order valence-corrected chi connectivity index (χ1v) is 9.05. The van der Waals surface area contributed by atoms with Gasteiger partial charge in [0.2, 0.25) is 0 Å². The zero-order chi connectivity index (χ0) is 20.5. The van der Waals surface area contributed by atoms with Crippen LogP contribution in [0.5, 0.6) is 5.75 Å². The number of benzene rings is 3. The number of amides is 1. The highest BCUT2D eigenvalue weighted by atomic mass is 16.5. The quantitative estimate of drug-likeness (QED) is 0.225. The van der Waals surface area contributed by atoms with Gasteiger partial charge in [0, 0.05) is 11.6 Å². The van der Waals surface area contributed by atoms with Gasteiger partial charge in [0.05, 0.1) is 6.21 Å². The Bertz CT molecular complexity index is 1020. The molecule has 0 heterocycles. The summed E-state index contributed by atoms with van der Waals surface area (Å²) in [6.45, 7) is 1.96. The molecule has 1 amide bonds. The lowest BCUT2D eigenvalue weighted by Gasteiger charge is -2.02. The molecule has 1 N–H and O–H groups in total. The summed E-state index contributed by atoms with van der Waals surface area (Å²) in [7, 11) is 0. The van der Waals surface area contributed by atoms with Gasteiger partial charge in [-0.3, -0.25) is 4.79 Å². The fraction of sp³-hybridized carbons (Fsp3) is 0.0417. The molecule has 0 radical (unpaired) electrons. The Hall–Kier alpha value is -3.99. The van der Waals surface area contributed by atoms with Crippen LogP contribution in [0, 0.1) is 6.92 Å². The number of esters is 1. The molecule has 0 aliphatic heterocycles. The minimum atomic E-state index is -0.458. The minimum absolute atomic E-state index is 0.281. The predicted octanol–water partition coefficient (Wildman–Crippen LogP) is 4.38. The van der Waals surface area contributed by atoms with Gasteiger partial charge in [0.1, 0.15) is 5.75 Å². The van der Waals surface area contributed by atoms with E-state index in [9.17, 15) is 9.59 Å². The molecule has 0 aliphatic rings. The molecule has 0 atom stereocenters. The highest BCUT2D eigenvalue weighted by molar-refractivity contribution is 5.95. The van der Waals surface area contributed by atoms with E-state index in [1.807, 2.05) is 49.4 Å². The van der Waals surface area contributed by atoms with Crippen molar-refractivity contribution in [2.45, 2.75) is 6.92 Å². The maximum atomic E-state index is 12.0. The van der Waals surface area contributed by atoms with Crippen molar-refractivity contribution in [3.8, 4) is 5.75 Å². The molecule has 0 saturated carbocycles. The third kappa shape index (κ3) is 6.29. The van der Waals surface area contributed by atoms with Crippen LogP contribution >= 0.6 is 0 Å². The van der Waals surface area contributed by atoms with Crippen LogP contribution in [-0.2, 0) is 4.79 Å². The SMILES string of the molecule is Cc1ccc(C(=O)N/N=C\c2ccc(OC(=O)/C=C/c3ccccc3)cc2)cc1. The monoisotopic (exact) mass is 384 g/mol. The second-order valence-electron chi connectivity index (χ2n) is 6.30. The van der Waals surface area contributed by atoms with Gasteiger partial charge >= 0.3 is 5.97 Å². The predicted molar refractivity (Wildman–Crippen MR) is 114 cm³/mol. The van der Waals surface area contributed by atoms with Crippen LogP contribution in [0.25, 0.3) is 6.08 Å². The summed E-state index contributed by atoms with van der Waals surface area (Å²) in [5.74, 6) is -0.314. The number of ether oxygens (including phenoxy) is 1. The van der Waals surface area contributed by atoms with Gasteiger partial charge in [0.15, 0.2) is 0 Å². The number of nitrogens with zero attached hydrogens (tertiary/aromatic N) is 1. The lowest BCUT2D eigenvalue weighted by molar-refractivity contribution is -0.128. The van der Waals surface area contributed by atoms with E-state index in [1.165, 1.54) is 12.3 Å². The largest absolute Gasteiger partial charge is 0.423 e. The molecule has 0 aromatic heterocycles. The number of hydrogen-bond acceptors (Lipinski definition) is 4. The van der Waals surface area contributed by atoms with Gasteiger partial charge in [-0.15, -0.1) is 0 Å². The molecular formula is C24H20N2O3. The number of carbonyl (C=O) groups excluding carboxylic acids is 2. The van der Waals surface area contributed by atoms with E-state index in [0.717, 1.165) is 16.7 Å². The average molecular weight is 384 g/mol. The Kier molecular flexibility index (Phi) is 6.68. The molecule has 5 nitrogen and oxygen atoms in total. The maximum Gasteiger partial charge on any atom is 0.336 e. The van der Waals surface area contributed by atoms with Gasteiger partial charge < -0.3 is 4.74 Å². The minimum Gasteiger partial charge on any atom is -0.423 e. The molecule has 0 spiro atoms. The van der Waals surface area contributed by atoms with E-state index in [0.29, 0.717) is 11.3 Å². The molecule has 3 aromatic rings. The second kappa shape index (κ2) is 9.80. The van der Waals surface area contributed by atoms with Crippen molar-refractivity contribution in [2.75, 3.05) is 0 Å². The molecule has 0 aliphatic carbocycles. The Morgan fingerprint density at radius 3 is 2.24 bits per heavy atom. The summed E-state index contributed by atoms with van der Waals surface area (Å²) in [5, 5.41) is 3.95. The van der Waals surface area contributed by atoms with E-state index in [1.54, 1.807) is 42.5 Å². The van der Waals surface area contributed by atoms with Gasteiger partial charge in [-0.25, -0.2) is 10.2 Å². The summed E-state index contributed by atoms with van der Waals surface area (Å²) in [6, 6.07) is 23.5.